The number of rotatable bonds is 3. The Kier molecular flexibility index (Phi) is 3.00. The van der Waals surface area contributed by atoms with Gasteiger partial charge in [-0.1, -0.05) is 24.3 Å². The minimum absolute atomic E-state index is 0.209. The molecular formula is C15H13NO4. The zero-order valence-corrected chi connectivity index (χ0v) is 10.6. The van der Waals surface area contributed by atoms with Crippen LogP contribution in [0, 0.1) is 0 Å². The number of benzene rings is 2. The van der Waals surface area contributed by atoms with Gasteiger partial charge < -0.3 is 10.2 Å². The molecule has 0 unspecified atom stereocenters. The number of nitrogens with zero attached hydrogens (tertiary/aromatic N) is 1. The van der Waals surface area contributed by atoms with Crippen molar-refractivity contribution in [2.24, 2.45) is 0 Å². The van der Waals surface area contributed by atoms with Crippen LogP contribution in [0.5, 0.6) is 0 Å². The van der Waals surface area contributed by atoms with Gasteiger partial charge in [-0.15, -0.1) is 0 Å². The van der Waals surface area contributed by atoms with E-state index in [1.54, 1.807) is 24.3 Å². The third kappa shape index (κ3) is 1.79. The van der Waals surface area contributed by atoms with Crippen molar-refractivity contribution >= 4 is 22.6 Å². The number of hydrogen-bond acceptors (Lipinski definition) is 4. The van der Waals surface area contributed by atoms with Crippen molar-refractivity contribution in [1.29, 1.82) is 0 Å². The quantitative estimate of drug-likeness (QED) is 0.809. The number of imide groups is 1. The van der Waals surface area contributed by atoms with Crippen molar-refractivity contribution in [3.05, 3.63) is 47.5 Å². The Balaban J connectivity index is 2.16. The first-order valence-electron chi connectivity index (χ1n) is 6.30. The van der Waals surface area contributed by atoms with Crippen LogP contribution in [0.1, 0.15) is 20.7 Å². The largest absolute Gasteiger partial charge is 0.394 e. The van der Waals surface area contributed by atoms with Crippen LogP contribution in [0.25, 0.3) is 10.8 Å². The Morgan fingerprint density at radius 3 is 2.05 bits per heavy atom. The van der Waals surface area contributed by atoms with Gasteiger partial charge >= 0.3 is 0 Å². The van der Waals surface area contributed by atoms with Gasteiger partial charge in [0.15, 0.2) is 0 Å². The molecule has 2 aromatic carbocycles. The van der Waals surface area contributed by atoms with Crippen LogP contribution in [0.15, 0.2) is 36.4 Å². The SMILES string of the molecule is O=C1c2cccc3cccc(c23)C(=O)N1C[C@H](O)CO. The minimum Gasteiger partial charge on any atom is -0.394 e. The molecule has 2 aromatic rings. The Hall–Kier alpha value is -2.24. The molecule has 1 aliphatic heterocycles. The second-order valence-corrected chi connectivity index (χ2v) is 4.77. The van der Waals surface area contributed by atoms with Gasteiger partial charge in [0.25, 0.3) is 11.8 Å². The number of aliphatic hydroxyl groups excluding tert-OH is 2. The zero-order valence-electron chi connectivity index (χ0n) is 10.6. The van der Waals surface area contributed by atoms with Gasteiger partial charge in [-0.3, -0.25) is 14.5 Å². The molecule has 2 N–H and O–H groups in total. The highest BCUT2D eigenvalue weighted by atomic mass is 16.3. The molecule has 20 heavy (non-hydrogen) atoms. The smallest absolute Gasteiger partial charge is 0.261 e. The van der Waals surface area contributed by atoms with Gasteiger partial charge in [-0.25, -0.2) is 0 Å². The first kappa shape index (κ1) is 12.8. The summed E-state index contributed by atoms with van der Waals surface area (Å²) in [6.45, 7) is -0.707. The maximum absolute atomic E-state index is 12.4. The van der Waals surface area contributed by atoms with Crippen molar-refractivity contribution in [3.8, 4) is 0 Å². The molecule has 3 rings (SSSR count). The molecule has 1 heterocycles. The molecule has 0 spiro atoms. The second kappa shape index (κ2) is 4.70. The van der Waals surface area contributed by atoms with Crippen molar-refractivity contribution < 1.29 is 19.8 Å². The van der Waals surface area contributed by atoms with E-state index in [0.717, 1.165) is 10.3 Å². The van der Waals surface area contributed by atoms with Crippen molar-refractivity contribution in [1.82, 2.24) is 4.90 Å². The van der Waals surface area contributed by atoms with E-state index >= 15 is 0 Å². The van der Waals surface area contributed by atoms with Gasteiger partial charge in [0, 0.05) is 16.5 Å². The molecule has 0 aromatic heterocycles. The summed E-state index contributed by atoms with van der Waals surface area (Å²) in [5, 5.41) is 19.9. The number of aliphatic hydroxyl groups is 2. The highest BCUT2D eigenvalue weighted by Crippen LogP contribution is 2.29. The standard InChI is InChI=1S/C15H13NO4/c17-8-10(18)7-16-14(19)11-5-1-3-9-4-2-6-12(13(9)11)15(16)20/h1-6,10,17-18H,7-8H2/t10-/m0/s1. The van der Waals surface area contributed by atoms with Gasteiger partial charge in [0.05, 0.1) is 19.3 Å². The van der Waals surface area contributed by atoms with Crippen LogP contribution >= 0.6 is 0 Å². The third-order valence-corrected chi connectivity index (χ3v) is 3.46. The Morgan fingerprint density at radius 2 is 1.55 bits per heavy atom. The van der Waals surface area contributed by atoms with Crippen LogP contribution in [-0.2, 0) is 0 Å². The van der Waals surface area contributed by atoms with Crippen LogP contribution < -0.4 is 0 Å². The summed E-state index contributed by atoms with van der Waals surface area (Å²) in [5.41, 5.74) is 0.894. The Labute approximate surface area is 115 Å². The molecule has 2 amide bonds. The van der Waals surface area contributed by atoms with Gasteiger partial charge in [-0.2, -0.15) is 0 Å². The van der Waals surface area contributed by atoms with Crippen LogP contribution in [-0.4, -0.2) is 46.2 Å². The summed E-state index contributed by atoms with van der Waals surface area (Å²) in [7, 11) is 0. The van der Waals surface area contributed by atoms with E-state index < -0.39 is 24.5 Å². The lowest BCUT2D eigenvalue weighted by atomic mass is 9.94. The van der Waals surface area contributed by atoms with Crippen molar-refractivity contribution in [2.45, 2.75) is 6.10 Å². The number of β-amino-alcohol motifs (C(OH)–C–C–N with tert-alkyl or cyclic N) is 1. The summed E-state index contributed by atoms with van der Waals surface area (Å²) >= 11 is 0. The van der Waals surface area contributed by atoms with Crippen LogP contribution in [0.4, 0.5) is 0 Å². The summed E-state index contributed by atoms with van der Waals surface area (Å²) in [4.78, 5) is 25.7. The molecule has 0 bridgehead atoms. The summed E-state index contributed by atoms with van der Waals surface area (Å²) in [5.74, 6) is -0.876. The molecule has 5 heteroatoms. The highest BCUT2D eigenvalue weighted by molar-refractivity contribution is 6.25. The van der Waals surface area contributed by atoms with E-state index in [0.29, 0.717) is 16.5 Å². The van der Waals surface area contributed by atoms with E-state index in [9.17, 15) is 14.7 Å². The maximum Gasteiger partial charge on any atom is 0.261 e. The molecule has 102 valence electrons. The number of carbonyl (C=O) groups excluding carboxylic acids is 2. The van der Waals surface area contributed by atoms with Crippen molar-refractivity contribution in [2.75, 3.05) is 13.2 Å². The first-order valence-corrected chi connectivity index (χ1v) is 6.30. The number of amides is 2. The van der Waals surface area contributed by atoms with E-state index in [1.807, 2.05) is 12.1 Å². The molecule has 0 saturated carbocycles. The van der Waals surface area contributed by atoms with E-state index in [4.69, 9.17) is 5.11 Å². The monoisotopic (exact) mass is 271 g/mol. The molecule has 1 atom stereocenters. The van der Waals surface area contributed by atoms with E-state index in [1.165, 1.54) is 0 Å². The predicted octanol–water partition coefficient (Wildman–Crippen LogP) is 0.789. The molecular weight excluding hydrogens is 258 g/mol. The second-order valence-electron chi connectivity index (χ2n) is 4.77. The predicted molar refractivity (Wildman–Crippen MR) is 72.4 cm³/mol. The minimum atomic E-state index is -1.13. The lowest BCUT2D eigenvalue weighted by Crippen LogP contribution is -2.45. The summed E-state index contributed by atoms with van der Waals surface area (Å²) < 4.78 is 0. The van der Waals surface area contributed by atoms with Crippen molar-refractivity contribution in [3.63, 3.8) is 0 Å². The fourth-order valence-electron chi connectivity index (χ4n) is 2.51. The average molecular weight is 271 g/mol. The summed E-state index contributed by atoms with van der Waals surface area (Å²) in [6.07, 6.45) is -1.13. The highest BCUT2D eigenvalue weighted by Gasteiger charge is 2.33. The fraction of sp³-hybridized carbons (Fsp3) is 0.200. The summed E-state index contributed by atoms with van der Waals surface area (Å²) in [6, 6.07) is 10.5. The lowest BCUT2D eigenvalue weighted by Gasteiger charge is -2.28. The molecule has 5 nitrogen and oxygen atoms in total. The third-order valence-electron chi connectivity index (χ3n) is 3.46. The Morgan fingerprint density at radius 1 is 1.00 bits per heavy atom. The zero-order chi connectivity index (χ0) is 14.3. The topological polar surface area (TPSA) is 77.8 Å². The average Bonchev–Trinajstić information content (AvgIpc) is 2.48. The number of hydrogen-bond donors (Lipinski definition) is 2. The molecule has 1 aliphatic rings. The van der Waals surface area contributed by atoms with Gasteiger partial charge in [0.1, 0.15) is 0 Å². The van der Waals surface area contributed by atoms with Crippen LogP contribution in [0.3, 0.4) is 0 Å². The molecule has 0 fully saturated rings. The molecule has 0 aliphatic carbocycles. The van der Waals surface area contributed by atoms with E-state index in [2.05, 4.69) is 0 Å². The Bertz CT molecular complexity index is 659. The van der Waals surface area contributed by atoms with Crippen LogP contribution in [0.2, 0.25) is 0 Å². The van der Waals surface area contributed by atoms with Gasteiger partial charge in [0.2, 0.25) is 0 Å². The van der Waals surface area contributed by atoms with Gasteiger partial charge in [-0.05, 0) is 17.5 Å². The molecule has 0 saturated heterocycles. The maximum atomic E-state index is 12.4. The fourth-order valence-corrected chi connectivity index (χ4v) is 2.51. The van der Waals surface area contributed by atoms with E-state index in [-0.39, 0.29) is 6.54 Å². The number of carbonyl (C=O) groups is 2. The first-order chi connectivity index (χ1) is 9.63. The normalized spacial score (nSPS) is 15.8. The lowest BCUT2D eigenvalue weighted by molar-refractivity contribution is 0.0391. The molecule has 0 radical (unpaired) electrons.